The van der Waals surface area contributed by atoms with Gasteiger partial charge in [0.25, 0.3) is 5.91 Å². The van der Waals surface area contributed by atoms with E-state index >= 15 is 4.39 Å². The standard InChI is InChI=1S/C23H30FN5O3/c1-15-14-32-22-19-16(12-18(24)20(22)27-10-8-26(2)9-11-27)21(30)17(13-29(15)19)23(31)25-28-6-4-3-5-7-28/h12-13,15H,3-11,14H2,1-2H3,(H,25,31). The van der Waals surface area contributed by atoms with Gasteiger partial charge in [-0.1, -0.05) is 6.42 Å². The lowest BCUT2D eigenvalue weighted by Crippen LogP contribution is -2.46. The summed E-state index contributed by atoms with van der Waals surface area (Å²) in [4.78, 5) is 30.5. The number of piperidine rings is 1. The van der Waals surface area contributed by atoms with Crippen molar-refractivity contribution in [1.29, 1.82) is 0 Å². The number of benzene rings is 1. The summed E-state index contributed by atoms with van der Waals surface area (Å²) in [6.45, 7) is 6.89. The third-order valence-corrected chi connectivity index (χ3v) is 6.82. The van der Waals surface area contributed by atoms with Crippen molar-refractivity contribution in [3.05, 3.63) is 33.9 Å². The zero-order valence-electron chi connectivity index (χ0n) is 18.7. The minimum Gasteiger partial charge on any atom is -0.487 e. The van der Waals surface area contributed by atoms with Crippen molar-refractivity contribution >= 4 is 22.5 Å². The third kappa shape index (κ3) is 3.63. The fourth-order valence-electron chi connectivity index (χ4n) is 4.91. The molecule has 3 aliphatic heterocycles. The molecule has 0 saturated carbocycles. The van der Waals surface area contributed by atoms with Gasteiger partial charge in [-0.05, 0) is 32.9 Å². The minimum absolute atomic E-state index is 0.0366. The molecule has 4 heterocycles. The van der Waals surface area contributed by atoms with Crippen LogP contribution in [-0.2, 0) is 0 Å². The Hall–Kier alpha value is -2.65. The number of carbonyl (C=O) groups excluding carboxylic acids is 1. The van der Waals surface area contributed by atoms with Crippen molar-refractivity contribution in [3.8, 4) is 5.75 Å². The van der Waals surface area contributed by atoms with Gasteiger partial charge in [-0.3, -0.25) is 15.0 Å². The number of amides is 1. The second-order valence-electron chi connectivity index (χ2n) is 9.15. The van der Waals surface area contributed by atoms with Crippen LogP contribution in [0.4, 0.5) is 10.1 Å². The molecule has 32 heavy (non-hydrogen) atoms. The van der Waals surface area contributed by atoms with E-state index in [1.165, 1.54) is 6.07 Å². The van der Waals surface area contributed by atoms with Crippen molar-refractivity contribution in [2.75, 3.05) is 57.8 Å². The Morgan fingerprint density at radius 1 is 1.12 bits per heavy atom. The number of pyridine rings is 1. The molecular formula is C23H30FN5O3. The van der Waals surface area contributed by atoms with Gasteiger partial charge >= 0.3 is 0 Å². The summed E-state index contributed by atoms with van der Waals surface area (Å²) in [6, 6.07) is 1.20. The molecule has 1 atom stereocenters. The summed E-state index contributed by atoms with van der Waals surface area (Å²) >= 11 is 0. The summed E-state index contributed by atoms with van der Waals surface area (Å²) < 4.78 is 23.3. The highest BCUT2D eigenvalue weighted by Gasteiger charge is 2.31. The first-order valence-corrected chi connectivity index (χ1v) is 11.5. The highest BCUT2D eigenvalue weighted by atomic mass is 19.1. The Bertz CT molecular complexity index is 1100. The molecule has 0 radical (unpaired) electrons. The van der Waals surface area contributed by atoms with E-state index in [1.54, 1.807) is 6.20 Å². The Morgan fingerprint density at radius 3 is 2.56 bits per heavy atom. The first-order valence-electron chi connectivity index (χ1n) is 11.5. The molecule has 172 valence electrons. The maximum absolute atomic E-state index is 15.4. The molecule has 8 nitrogen and oxygen atoms in total. The Kier molecular flexibility index (Phi) is 5.54. The quantitative estimate of drug-likeness (QED) is 0.783. The fraction of sp³-hybridized carbons (Fsp3) is 0.565. The molecule has 9 heteroatoms. The second-order valence-corrected chi connectivity index (χ2v) is 9.15. The van der Waals surface area contributed by atoms with E-state index in [0.29, 0.717) is 36.6 Å². The van der Waals surface area contributed by atoms with Crippen molar-refractivity contribution in [3.63, 3.8) is 0 Å². The first kappa shape index (κ1) is 21.2. The third-order valence-electron chi connectivity index (χ3n) is 6.82. The first-order chi connectivity index (χ1) is 15.4. The van der Waals surface area contributed by atoms with E-state index in [-0.39, 0.29) is 17.0 Å². The maximum atomic E-state index is 15.4. The van der Waals surface area contributed by atoms with E-state index < -0.39 is 17.2 Å². The molecule has 0 aliphatic carbocycles. The van der Waals surface area contributed by atoms with Crippen LogP contribution in [0, 0.1) is 5.82 Å². The van der Waals surface area contributed by atoms with Crippen LogP contribution in [0.15, 0.2) is 17.1 Å². The smallest absolute Gasteiger partial charge is 0.271 e. The molecule has 1 N–H and O–H groups in total. The molecule has 2 fully saturated rings. The Morgan fingerprint density at radius 2 is 1.84 bits per heavy atom. The lowest BCUT2D eigenvalue weighted by atomic mass is 10.0. The second kappa shape index (κ2) is 8.37. The van der Waals surface area contributed by atoms with Crippen LogP contribution in [0.1, 0.15) is 42.6 Å². The molecule has 2 saturated heterocycles. The number of likely N-dealkylation sites (N-methyl/N-ethyl adjacent to an activating group) is 1. The molecule has 1 amide bonds. The number of carbonyl (C=O) groups is 1. The monoisotopic (exact) mass is 443 g/mol. The SMILES string of the molecule is CC1COc2c(N3CCN(C)CC3)c(F)cc3c(=O)c(C(=O)NN4CCCCC4)cn1c23. The summed E-state index contributed by atoms with van der Waals surface area (Å²) in [5.41, 5.74) is 3.42. The average molecular weight is 444 g/mol. The summed E-state index contributed by atoms with van der Waals surface area (Å²) in [6.07, 6.45) is 4.79. The van der Waals surface area contributed by atoms with Gasteiger partial charge in [0.1, 0.15) is 17.9 Å². The average Bonchev–Trinajstić information content (AvgIpc) is 2.79. The van der Waals surface area contributed by atoms with Gasteiger partial charge < -0.3 is 19.1 Å². The number of anilines is 1. The predicted molar refractivity (Wildman–Crippen MR) is 121 cm³/mol. The topological polar surface area (TPSA) is 70.1 Å². The number of piperazine rings is 1. The fourth-order valence-corrected chi connectivity index (χ4v) is 4.91. The summed E-state index contributed by atoms with van der Waals surface area (Å²) in [5, 5.41) is 2.05. The van der Waals surface area contributed by atoms with Gasteiger partial charge in [-0.15, -0.1) is 0 Å². The van der Waals surface area contributed by atoms with E-state index in [1.807, 2.05) is 28.4 Å². The number of nitrogens with zero attached hydrogens (tertiary/aromatic N) is 4. The van der Waals surface area contributed by atoms with Crippen molar-refractivity contribution in [2.45, 2.75) is 32.2 Å². The Labute approximate surface area is 186 Å². The molecule has 0 bridgehead atoms. The van der Waals surface area contributed by atoms with Crippen LogP contribution >= 0.6 is 0 Å². The van der Waals surface area contributed by atoms with Crippen LogP contribution in [0.3, 0.4) is 0 Å². The highest BCUT2D eigenvalue weighted by Crippen LogP contribution is 2.42. The van der Waals surface area contributed by atoms with E-state index in [4.69, 9.17) is 4.74 Å². The molecule has 1 aromatic carbocycles. The van der Waals surface area contributed by atoms with E-state index in [9.17, 15) is 9.59 Å². The highest BCUT2D eigenvalue weighted by molar-refractivity contribution is 5.99. The number of nitrogens with one attached hydrogen (secondary N) is 1. The molecule has 1 unspecified atom stereocenters. The zero-order chi connectivity index (χ0) is 22.4. The molecular weight excluding hydrogens is 413 g/mol. The van der Waals surface area contributed by atoms with Crippen LogP contribution in [0.2, 0.25) is 0 Å². The number of aromatic nitrogens is 1. The largest absolute Gasteiger partial charge is 0.487 e. The van der Waals surface area contributed by atoms with Gasteiger partial charge in [-0.25, -0.2) is 9.40 Å². The van der Waals surface area contributed by atoms with Crippen LogP contribution in [0.5, 0.6) is 5.75 Å². The summed E-state index contributed by atoms with van der Waals surface area (Å²) in [7, 11) is 2.05. The zero-order valence-corrected chi connectivity index (χ0v) is 18.7. The minimum atomic E-state index is -0.483. The van der Waals surface area contributed by atoms with Crippen molar-refractivity contribution in [1.82, 2.24) is 19.9 Å². The Balaban J connectivity index is 1.60. The number of hydrogen-bond acceptors (Lipinski definition) is 6. The summed E-state index contributed by atoms with van der Waals surface area (Å²) in [5.74, 6) is -0.516. The lowest BCUT2D eigenvalue weighted by molar-refractivity contribution is 0.0748. The molecule has 0 spiro atoms. The maximum Gasteiger partial charge on any atom is 0.271 e. The lowest BCUT2D eigenvalue weighted by Gasteiger charge is -2.37. The predicted octanol–water partition coefficient (Wildman–Crippen LogP) is 1.98. The molecule has 1 aromatic heterocycles. The number of hydrogen-bond donors (Lipinski definition) is 1. The van der Waals surface area contributed by atoms with Crippen LogP contribution in [0.25, 0.3) is 10.9 Å². The van der Waals surface area contributed by atoms with Gasteiger partial charge in [-0.2, -0.15) is 0 Å². The van der Waals surface area contributed by atoms with Crippen molar-refractivity contribution in [2.24, 2.45) is 0 Å². The number of hydrazine groups is 1. The molecule has 3 aliphatic rings. The van der Waals surface area contributed by atoms with E-state index in [2.05, 4.69) is 10.3 Å². The van der Waals surface area contributed by atoms with Crippen LogP contribution in [-0.4, -0.2) is 73.3 Å². The molecule has 5 rings (SSSR count). The van der Waals surface area contributed by atoms with Crippen LogP contribution < -0.4 is 20.5 Å². The van der Waals surface area contributed by atoms with Gasteiger partial charge in [0.15, 0.2) is 11.6 Å². The van der Waals surface area contributed by atoms with Gasteiger partial charge in [0, 0.05) is 45.5 Å². The normalized spacial score (nSPS) is 22.1. The van der Waals surface area contributed by atoms with Gasteiger partial charge in [0.2, 0.25) is 5.43 Å². The van der Waals surface area contributed by atoms with E-state index in [0.717, 1.165) is 45.4 Å². The number of halogens is 1. The number of rotatable bonds is 3. The molecule has 2 aromatic rings. The van der Waals surface area contributed by atoms with Crippen molar-refractivity contribution < 1.29 is 13.9 Å². The number of ether oxygens (including phenoxy) is 1. The van der Waals surface area contributed by atoms with Gasteiger partial charge in [0.05, 0.1) is 16.9 Å².